The first-order chi connectivity index (χ1) is 8.58. The van der Waals surface area contributed by atoms with Crippen molar-refractivity contribution in [1.82, 2.24) is 5.32 Å². The Bertz CT molecular complexity index is 446. The number of rotatable bonds is 6. The molecule has 0 aromatic heterocycles. The normalized spacial score (nSPS) is 9.89. The van der Waals surface area contributed by atoms with E-state index in [4.69, 9.17) is 9.84 Å². The highest BCUT2D eigenvalue weighted by Gasteiger charge is 2.11. The third kappa shape index (κ3) is 3.74. The van der Waals surface area contributed by atoms with E-state index in [9.17, 15) is 9.59 Å². The molecule has 1 aromatic rings. The largest absolute Gasteiger partial charge is 0.495 e. The number of benzene rings is 1. The van der Waals surface area contributed by atoms with Crippen molar-refractivity contribution in [3.8, 4) is 5.75 Å². The lowest BCUT2D eigenvalue weighted by molar-refractivity contribution is -0.115. The molecule has 0 saturated heterocycles. The van der Waals surface area contributed by atoms with Crippen LogP contribution < -0.4 is 15.4 Å². The summed E-state index contributed by atoms with van der Waals surface area (Å²) in [6, 6.07) is 4.29. The van der Waals surface area contributed by atoms with Gasteiger partial charge >= 0.3 is 5.97 Å². The van der Waals surface area contributed by atoms with E-state index in [1.807, 2.05) is 6.92 Å². The van der Waals surface area contributed by atoms with Gasteiger partial charge in [0.05, 0.1) is 24.9 Å². The molecule has 0 saturated carbocycles. The van der Waals surface area contributed by atoms with E-state index >= 15 is 0 Å². The molecular weight excluding hydrogens is 236 g/mol. The number of amides is 1. The number of ether oxygens (including phenoxy) is 1. The molecule has 1 amide bonds. The van der Waals surface area contributed by atoms with Crippen LogP contribution in [-0.2, 0) is 4.79 Å². The van der Waals surface area contributed by atoms with Gasteiger partial charge in [0.2, 0.25) is 5.91 Å². The van der Waals surface area contributed by atoms with Crippen molar-refractivity contribution in [3.63, 3.8) is 0 Å². The third-order valence-electron chi connectivity index (χ3n) is 2.26. The molecule has 0 fully saturated rings. The number of likely N-dealkylation sites (N-methyl/N-ethyl adjacent to an activating group) is 1. The first-order valence-electron chi connectivity index (χ1n) is 5.50. The molecule has 0 unspecified atom stereocenters. The van der Waals surface area contributed by atoms with Crippen LogP contribution in [0, 0.1) is 0 Å². The number of anilines is 1. The topological polar surface area (TPSA) is 87.7 Å². The van der Waals surface area contributed by atoms with E-state index in [0.29, 0.717) is 18.0 Å². The lowest BCUT2D eigenvalue weighted by atomic mass is 10.2. The number of carboxylic acids is 1. The van der Waals surface area contributed by atoms with Crippen molar-refractivity contribution in [3.05, 3.63) is 23.8 Å². The van der Waals surface area contributed by atoms with E-state index in [1.54, 1.807) is 0 Å². The van der Waals surface area contributed by atoms with Gasteiger partial charge in [-0.2, -0.15) is 0 Å². The lowest BCUT2D eigenvalue weighted by Gasteiger charge is -2.11. The van der Waals surface area contributed by atoms with E-state index < -0.39 is 5.97 Å². The number of carbonyl (C=O) groups excluding carboxylic acids is 1. The van der Waals surface area contributed by atoms with E-state index in [1.165, 1.54) is 25.3 Å². The third-order valence-corrected chi connectivity index (χ3v) is 2.26. The first kappa shape index (κ1) is 14.0. The van der Waals surface area contributed by atoms with Crippen molar-refractivity contribution in [2.45, 2.75) is 6.92 Å². The van der Waals surface area contributed by atoms with Crippen molar-refractivity contribution in [2.75, 3.05) is 25.5 Å². The molecule has 0 spiro atoms. The second-order valence-electron chi connectivity index (χ2n) is 3.55. The predicted molar refractivity (Wildman–Crippen MR) is 67.1 cm³/mol. The number of carbonyl (C=O) groups is 2. The summed E-state index contributed by atoms with van der Waals surface area (Å²) in [5.41, 5.74) is 0.440. The quantitative estimate of drug-likeness (QED) is 0.701. The van der Waals surface area contributed by atoms with Crippen LogP contribution in [0.15, 0.2) is 18.2 Å². The first-order valence-corrected chi connectivity index (χ1v) is 5.50. The molecule has 0 aliphatic heterocycles. The fourth-order valence-corrected chi connectivity index (χ4v) is 1.37. The summed E-state index contributed by atoms with van der Waals surface area (Å²) in [4.78, 5) is 22.4. The molecular formula is C12H16N2O4. The van der Waals surface area contributed by atoms with Gasteiger partial charge in [0.1, 0.15) is 5.75 Å². The molecule has 0 radical (unpaired) electrons. The summed E-state index contributed by atoms with van der Waals surface area (Å²) >= 11 is 0. The lowest BCUT2D eigenvalue weighted by Crippen LogP contribution is -2.28. The molecule has 3 N–H and O–H groups in total. The van der Waals surface area contributed by atoms with Crippen LogP contribution in [0.5, 0.6) is 5.75 Å². The van der Waals surface area contributed by atoms with Gasteiger partial charge in [-0.3, -0.25) is 4.79 Å². The second kappa shape index (κ2) is 6.61. The van der Waals surface area contributed by atoms with E-state index in [0.717, 1.165) is 0 Å². The van der Waals surface area contributed by atoms with Gasteiger partial charge in [0, 0.05) is 0 Å². The summed E-state index contributed by atoms with van der Waals surface area (Å²) in [7, 11) is 1.45. The maximum atomic E-state index is 11.5. The zero-order valence-corrected chi connectivity index (χ0v) is 10.3. The highest BCUT2D eigenvalue weighted by atomic mass is 16.5. The molecule has 0 heterocycles. The molecule has 0 aliphatic carbocycles. The average molecular weight is 252 g/mol. The Labute approximate surface area is 105 Å². The summed E-state index contributed by atoms with van der Waals surface area (Å²) in [6.07, 6.45) is 0. The van der Waals surface area contributed by atoms with E-state index in [2.05, 4.69) is 10.6 Å². The van der Waals surface area contributed by atoms with Crippen LogP contribution in [0.2, 0.25) is 0 Å². The van der Waals surface area contributed by atoms with Crippen LogP contribution >= 0.6 is 0 Å². The number of methoxy groups -OCH3 is 1. The van der Waals surface area contributed by atoms with Gasteiger partial charge in [0.25, 0.3) is 0 Å². The van der Waals surface area contributed by atoms with Gasteiger partial charge < -0.3 is 20.5 Å². The van der Waals surface area contributed by atoms with Crippen LogP contribution in [0.4, 0.5) is 5.69 Å². The van der Waals surface area contributed by atoms with Crippen LogP contribution in [0.25, 0.3) is 0 Å². The number of aromatic carboxylic acids is 1. The van der Waals surface area contributed by atoms with Crippen molar-refractivity contribution >= 4 is 17.6 Å². The van der Waals surface area contributed by atoms with Gasteiger partial charge in [-0.05, 0) is 24.7 Å². The van der Waals surface area contributed by atoms with Gasteiger partial charge in [-0.25, -0.2) is 4.79 Å². The SMILES string of the molecule is CCNCC(=O)Nc1cc(C(=O)O)ccc1OC. The standard InChI is InChI=1S/C12H16N2O4/c1-3-13-7-11(15)14-9-6-8(12(16)17)4-5-10(9)18-2/h4-6,13H,3,7H2,1-2H3,(H,14,15)(H,16,17). The Morgan fingerprint density at radius 1 is 1.39 bits per heavy atom. The van der Waals surface area contributed by atoms with Crippen LogP contribution in [0.1, 0.15) is 17.3 Å². The molecule has 18 heavy (non-hydrogen) atoms. The van der Waals surface area contributed by atoms with E-state index in [-0.39, 0.29) is 18.0 Å². The summed E-state index contributed by atoms with van der Waals surface area (Å²) in [5.74, 6) is -0.887. The van der Waals surface area contributed by atoms with Gasteiger partial charge in [-0.15, -0.1) is 0 Å². The molecule has 6 heteroatoms. The zero-order chi connectivity index (χ0) is 13.5. The minimum atomic E-state index is -1.06. The monoisotopic (exact) mass is 252 g/mol. The Hall–Kier alpha value is -2.08. The maximum Gasteiger partial charge on any atom is 0.335 e. The van der Waals surface area contributed by atoms with Crippen molar-refractivity contribution in [2.24, 2.45) is 0 Å². The molecule has 6 nitrogen and oxygen atoms in total. The Kier molecular flexibility index (Phi) is 5.13. The molecule has 1 rings (SSSR count). The Morgan fingerprint density at radius 3 is 2.67 bits per heavy atom. The maximum absolute atomic E-state index is 11.5. The number of carboxylic acid groups (broad SMARTS) is 1. The molecule has 0 aliphatic rings. The molecule has 98 valence electrons. The highest BCUT2D eigenvalue weighted by Crippen LogP contribution is 2.25. The number of nitrogens with one attached hydrogen (secondary N) is 2. The predicted octanol–water partition coefficient (Wildman–Crippen LogP) is 0.941. The average Bonchev–Trinajstić information content (AvgIpc) is 2.36. The number of hydrogen-bond acceptors (Lipinski definition) is 4. The minimum Gasteiger partial charge on any atom is -0.495 e. The second-order valence-corrected chi connectivity index (χ2v) is 3.55. The van der Waals surface area contributed by atoms with Crippen LogP contribution in [0.3, 0.4) is 0 Å². The Morgan fingerprint density at radius 2 is 2.11 bits per heavy atom. The molecule has 0 atom stereocenters. The fraction of sp³-hybridized carbons (Fsp3) is 0.333. The highest BCUT2D eigenvalue weighted by molar-refractivity contribution is 5.96. The summed E-state index contributed by atoms with van der Waals surface area (Å²) in [5, 5.41) is 14.4. The fourth-order valence-electron chi connectivity index (χ4n) is 1.37. The summed E-state index contributed by atoms with van der Waals surface area (Å²) in [6.45, 7) is 2.73. The van der Waals surface area contributed by atoms with Crippen molar-refractivity contribution in [1.29, 1.82) is 0 Å². The zero-order valence-electron chi connectivity index (χ0n) is 10.3. The smallest absolute Gasteiger partial charge is 0.335 e. The van der Waals surface area contributed by atoms with Gasteiger partial charge in [0.15, 0.2) is 0 Å². The van der Waals surface area contributed by atoms with Crippen LogP contribution in [-0.4, -0.2) is 37.2 Å². The Balaban J connectivity index is 2.87. The number of hydrogen-bond donors (Lipinski definition) is 3. The van der Waals surface area contributed by atoms with Gasteiger partial charge in [-0.1, -0.05) is 6.92 Å². The molecule has 1 aromatic carbocycles. The minimum absolute atomic E-state index is 0.0922. The summed E-state index contributed by atoms with van der Waals surface area (Å²) < 4.78 is 5.06. The molecule has 0 bridgehead atoms. The van der Waals surface area contributed by atoms with Crippen molar-refractivity contribution < 1.29 is 19.4 Å².